The number of nitrogens with one attached hydrogen (secondary N) is 1. The standard InChI is InChI=1S/C9H9N3O2/c10-5-8(12-11)6-3-1-2-4-7(6)9(13)14/h1-5,10H,11H2,(H,13,14). The van der Waals surface area contributed by atoms with E-state index in [-0.39, 0.29) is 11.3 Å². The van der Waals surface area contributed by atoms with E-state index in [9.17, 15) is 4.79 Å². The van der Waals surface area contributed by atoms with Crippen LogP contribution >= 0.6 is 0 Å². The maximum Gasteiger partial charge on any atom is 0.336 e. The molecule has 14 heavy (non-hydrogen) atoms. The number of carboxylic acid groups (broad SMARTS) is 1. The smallest absolute Gasteiger partial charge is 0.336 e. The third-order valence-electron chi connectivity index (χ3n) is 1.71. The van der Waals surface area contributed by atoms with Crippen LogP contribution in [0.5, 0.6) is 0 Å². The highest BCUT2D eigenvalue weighted by Gasteiger charge is 2.11. The molecule has 0 aliphatic carbocycles. The van der Waals surface area contributed by atoms with Crippen molar-refractivity contribution >= 4 is 17.9 Å². The van der Waals surface area contributed by atoms with E-state index >= 15 is 0 Å². The number of carbonyl (C=O) groups is 1. The topological polar surface area (TPSA) is 99.5 Å². The van der Waals surface area contributed by atoms with Crippen LogP contribution in [0.2, 0.25) is 0 Å². The fourth-order valence-electron chi connectivity index (χ4n) is 1.08. The van der Waals surface area contributed by atoms with E-state index in [1.54, 1.807) is 18.2 Å². The average molecular weight is 191 g/mol. The van der Waals surface area contributed by atoms with Crippen molar-refractivity contribution in [1.82, 2.24) is 0 Å². The Morgan fingerprint density at radius 2 is 2.00 bits per heavy atom. The van der Waals surface area contributed by atoms with Crippen LogP contribution in [0, 0.1) is 5.41 Å². The molecule has 4 N–H and O–H groups in total. The van der Waals surface area contributed by atoms with Gasteiger partial charge in [0.05, 0.1) is 5.56 Å². The van der Waals surface area contributed by atoms with E-state index in [1.165, 1.54) is 6.07 Å². The zero-order valence-electron chi connectivity index (χ0n) is 7.27. The van der Waals surface area contributed by atoms with Crippen molar-refractivity contribution in [2.75, 3.05) is 0 Å². The molecule has 0 amide bonds. The van der Waals surface area contributed by atoms with Gasteiger partial charge in [-0.25, -0.2) is 4.79 Å². The molecular weight excluding hydrogens is 182 g/mol. The monoisotopic (exact) mass is 191 g/mol. The van der Waals surface area contributed by atoms with Crippen molar-refractivity contribution in [2.24, 2.45) is 10.9 Å². The molecule has 0 spiro atoms. The highest BCUT2D eigenvalue weighted by atomic mass is 16.4. The summed E-state index contributed by atoms with van der Waals surface area (Å²) in [6, 6.07) is 6.26. The predicted octanol–water partition coefficient (Wildman–Crippen LogP) is 0.697. The van der Waals surface area contributed by atoms with E-state index < -0.39 is 5.97 Å². The molecule has 0 aromatic heterocycles. The molecule has 0 heterocycles. The second-order valence-electron chi connectivity index (χ2n) is 2.51. The molecule has 0 saturated carbocycles. The SMILES string of the molecule is N=CC(=NN)c1ccccc1C(=O)O. The maximum absolute atomic E-state index is 10.8. The van der Waals surface area contributed by atoms with Gasteiger partial charge in [-0.3, -0.25) is 0 Å². The molecule has 0 atom stereocenters. The Labute approximate surface area is 80.4 Å². The molecule has 1 rings (SSSR count). The first-order chi connectivity index (χ1) is 6.70. The van der Waals surface area contributed by atoms with Crippen LogP contribution in [0.15, 0.2) is 29.4 Å². The zero-order valence-corrected chi connectivity index (χ0v) is 7.27. The first kappa shape index (κ1) is 9.91. The van der Waals surface area contributed by atoms with E-state index in [0.717, 1.165) is 6.21 Å². The molecule has 5 nitrogen and oxygen atoms in total. The number of nitrogens with zero attached hydrogens (tertiary/aromatic N) is 1. The van der Waals surface area contributed by atoms with Gasteiger partial charge in [0.25, 0.3) is 0 Å². The molecule has 0 saturated heterocycles. The van der Waals surface area contributed by atoms with Crippen LogP contribution < -0.4 is 5.84 Å². The first-order valence-electron chi connectivity index (χ1n) is 3.81. The number of nitrogens with two attached hydrogens (primary N) is 1. The quantitative estimate of drug-likeness (QED) is 0.372. The summed E-state index contributed by atoms with van der Waals surface area (Å²) in [5, 5.41) is 19.2. The van der Waals surface area contributed by atoms with E-state index in [0.29, 0.717) is 5.56 Å². The van der Waals surface area contributed by atoms with Crippen molar-refractivity contribution in [3.63, 3.8) is 0 Å². The van der Waals surface area contributed by atoms with Crippen molar-refractivity contribution < 1.29 is 9.90 Å². The fourth-order valence-corrected chi connectivity index (χ4v) is 1.08. The predicted molar refractivity (Wildman–Crippen MR) is 52.9 cm³/mol. The zero-order chi connectivity index (χ0) is 10.6. The Morgan fingerprint density at radius 1 is 1.43 bits per heavy atom. The van der Waals surface area contributed by atoms with Gasteiger partial charge in [0.15, 0.2) is 0 Å². The number of rotatable bonds is 3. The van der Waals surface area contributed by atoms with Crippen molar-refractivity contribution in [3.05, 3.63) is 35.4 Å². The lowest BCUT2D eigenvalue weighted by atomic mass is 10.0. The number of benzene rings is 1. The lowest BCUT2D eigenvalue weighted by Crippen LogP contribution is -2.11. The van der Waals surface area contributed by atoms with Crippen LogP contribution in [-0.2, 0) is 0 Å². The van der Waals surface area contributed by atoms with Crippen LogP contribution in [0.25, 0.3) is 0 Å². The molecule has 1 aromatic rings. The van der Waals surface area contributed by atoms with Gasteiger partial charge in [-0.15, -0.1) is 0 Å². The maximum atomic E-state index is 10.8. The summed E-state index contributed by atoms with van der Waals surface area (Å²) in [5.41, 5.74) is 0.570. The van der Waals surface area contributed by atoms with E-state index in [1.807, 2.05) is 0 Å². The van der Waals surface area contributed by atoms with Crippen molar-refractivity contribution in [3.8, 4) is 0 Å². The second-order valence-corrected chi connectivity index (χ2v) is 2.51. The lowest BCUT2D eigenvalue weighted by Gasteiger charge is -2.03. The molecular formula is C9H9N3O2. The number of hydrogen-bond donors (Lipinski definition) is 3. The number of carboxylic acids is 1. The molecule has 0 fully saturated rings. The van der Waals surface area contributed by atoms with Crippen molar-refractivity contribution in [2.45, 2.75) is 0 Å². The summed E-state index contributed by atoms with van der Waals surface area (Å²) in [6.07, 6.45) is 0.918. The van der Waals surface area contributed by atoms with Crippen LogP contribution in [0.1, 0.15) is 15.9 Å². The summed E-state index contributed by atoms with van der Waals surface area (Å²) in [7, 11) is 0. The Kier molecular flexibility index (Phi) is 2.96. The van der Waals surface area contributed by atoms with Crippen LogP contribution in [0.4, 0.5) is 0 Å². The molecule has 0 bridgehead atoms. The van der Waals surface area contributed by atoms with Gasteiger partial charge in [0.1, 0.15) is 5.71 Å². The third-order valence-corrected chi connectivity index (χ3v) is 1.71. The molecule has 0 radical (unpaired) electrons. The molecule has 0 aliphatic heterocycles. The number of aromatic carboxylic acids is 1. The van der Waals surface area contributed by atoms with Gasteiger partial charge in [0.2, 0.25) is 0 Å². The minimum Gasteiger partial charge on any atom is -0.478 e. The molecule has 0 aliphatic rings. The molecule has 72 valence electrons. The number of hydrogen-bond acceptors (Lipinski definition) is 4. The fraction of sp³-hybridized carbons (Fsp3) is 0. The summed E-state index contributed by atoms with van der Waals surface area (Å²) in [6.45, 7) is 0. The van der Waals surface area contributed by atoms with Gasteiger partial charge in [0, 0.05) is 11.8 Å². The highest BCUT2D eigenvalue weighted by Crippen LogP contribution is 2.08. The lowest BCUT2D eigenvalue weighted by molar-refractivity contribution is 0.0696. The summed E-state index contributed by atoms with van der Waals surface area (Å²) < 4.78 is 0. The Bertz CT molecular complexity index is 399. The minimum atomic E-state index is -1.07. The van der Waals surface area contributed by atoms with E-state index in [4.69, 9.17) is 16.4 Å². The normalized spacial score (nSPS) is 11.0. The Hall–Kier alpha value is -2.17. The summed E-state index contributed by atoms with van der Waals surface area (Å²) in [5.74, 6) is 3.96. The van der Waals surface area contributed by atoms with Gasteiger partial charge in [-0.2, -0.15) is 5.10 Å². The molecule has 0 unspecified atom stereocenters. The van der Waals surface area contributed by atoms with Gasteiger partial charge in [-0.05, 0) is 6.07 Å². The molecule has 5 heteroatoms. The Morgan fingerprint density at radius 3 is 2.43 bits per heavy atom. The largest absolute Gasteiger partial charge is 0.478 e. The average Bonchev–Trinajstić information content (AvgIpc) is 2.20. The van der Waals surface area contributed by atoms with E-state index in [2.05, 4.69) is 5.10 Å². The van der Waals surface area contributed by atoms with Gasteiger partial charge < -0.3 is 16.4 Å². The summed E-state index contributed by atoms with van der Waals surface area (Å²) in [4.78, 5) is 10.8. The minimum absolute atomic E-state index is 0.0835. The summed E-state index contributed by atoms with van der Waals surface area (Å²) >= 11 is 0. The third kappa shape index (κ3) is 1.77. The second kappa shape index (κ2) is 4.18. The highest BCUT2D eigenvalue weighted by molar-refractivity contribution is 6.38. The van der Waals surface area contributed by atoms with Crippen LogP contribution in [0.3, 0.4) is 0 Å². The Balaban J connectivity index is 3.33. The molecule has 1 aromatic carbocycles. The first-order valence-corrected chi connectivity index (χ1v) is 3.81. The number of hydrazone groups is 1. The van der Waals surface area contributed by atoms with Gasteiger partial charge >= 0.3 is 5.97 Å². The van der Waals surface area contributed by atoms with Gasteiger partial charge in [-0.1, -0.05) is 18.2 Å². The van der Waals surface area contributed by atoms with Crippen molar-refractivity contribution in [1.29, 1.82) is 5.41 Å². The van der Waals surface area contributed by atoms with Crippen LogP contribution in [-0.4, -0.2) is 23.0 Å².